The molecule has 1 fully saturated rings. The first kappa shape index (κ1) is 12.8. The Morgan fingerprint density at radius 2 is 2.05 bits per heavy atom. The van der Waals surface area contributed by atoms with Gasteiger partial charge in [0.05, 0.1) is 12.2 Å². The van der Waals surface area contributed by atoms with Crippen LogP contribution in [0.25, 0.3) is 0 Å². The fourth-order valence-electron chi connectivity index (χ4n) is 3.61. The molecule has 0 spiro atoms. The second-order valence-electron chi connectivity index (χ2n) is 5.97. The molecule has 0 unspecified atom stereocenters. The van der Waals surface area contributed by atoms with Crippen molar-refractivity contribution in [1.29, 1.82) is 0 Å². The number of nitrogens with two attached hydrogens (primary N) is 1. The van der Waals surface area contributed by atoms with Gasteiger partial charge in [0.1, 0.15) is 12.4 Å². The van der Waals surface area contributed by atoms with Gasteiger partial charge in [0, 0.05) is 24.6 Å². The molecule has 0 radical (unpaired) electrons. The van der Waals surface area contributed by atoms with E-state index < -0.39 is 0 Å². The molecule has 3 rings (SSSR count). The van der Waals surface area contributed by atoms with Crippen molar-refractivity contribution in [2.24, 2.45) is 5.73 Å². The number of hydrogen-bond acceptors (Lipinski definition) is 3. The Morgan fingerprint density at radius 1 is 1.26 bits per heavy atom. The van der Waals surface area contributed by atoms with Gasteiger partial charge in [-0.15, -0.1) is 0 Å². The van der Waals surface area contributed by atoms with Crippen LogP contribution in [0.2, 0.25) is 0 Å². The van der Waals surface area contributed by atoms with Gasteiger partial charge >= 0.3 is 0 Å². The van der Waals surface area contributed by atoms with Crippen molar-refractivity contribution in [2.45, 2.75) is 37.5 Å². The molecule has 104 valence electrons. The van der Waals surface area contributed by atoms with Crippen molar-refractivity contribution in [3.63, 3.8) is 0 Å². The average Bonchev–Trinajstić information content (AvgIpc) is 2.48. The van der Waals surface area contributed by atoms with Gasteiger partial charge in [0.25, 0.3) is 0 Å². The predicted octanol–water partition coefficient (Wildman–Crippen LogP) is 2.68. The van der Waals surface area contributed by atoms with Gasteiger partial charge in [-0.25, -0.2) is 0 Å². The number of rotatable bonds is 2. The molecule has 0 atom stereocenters. The summed E-state index contributed by atoms with van der Waals surface area (Å²) in [6, 6.07) is 6.55. The minimum atomic E-state index is 0.141. The van der Waals surface area contributed by atoms with E-state index in [0.29, 0.717) is 0 Å². The van der Waals surface area contributed by atoms with Gasteiger partial charge in [0.15, 0.2) is 0 Å². The molecule has 3 heteroatoms. The van der Waals surface area contributed by atoms with E-state index >= 15 is 0 Å². The van der Waals surface area contributed by atoms with Gasteiger partial charge in [-0.05, 0) is 18.9 Å². The van der Waals surface area contributed by atoms with Crippen LogP contribution in [-0.4, -0.2) is 26.7 Å². The number of fused-ring (bicyclic) bond motifs is 1. The fraction of sp³-hybridized carbons (Fsp3) is 0.625. The van der Waals surface area contributed by atoms with Gasteiger partial charge in [-0.1, -0.05) is 31.4 Å². The first-order valence-corrected chi connectivity index (χ1v) is 7.44. The Kier molecular flexibility index (Phi) is 3.40. The minimum absolute atomic E-state index is 0.141. The summed E-state index contributed by atoms with van der Waals surface area (Å²) in [5.74, 6) is 1.09. The molecule has 1 heterocycles. The molecule has 1 aliphatic carbocycles. The highest BCUT2D eigenvalue weighted by atomic mass is 16.5. The molecule has 1 aliphatic heterocycles. The molecule has 3 nitrogen and oxygen atoms in total. The molecule has 2 N–H and O–H groups in total. The number of anilines is 1. The van der Waals surface area contributed by atoms with E-state index in [4.69, 9.17) is 10.5 Å². The van der Waals surface area contributed by atoms with Crippen molar-refractivity contribution in [2.75, 3.05) is 31.6 Å². The lowest BCUT2D eigenvalue weighted by Gasteiger charge is -2.40. The van der Waals surface area contributed by atoms with Crippen LogP contribution >= 0.6 is 0 Å². The average molecular weight is 260 g/mol. The van der Waals surface area contributed by atoms with Gasteiger partial charge in [-0.3, -0.25) is 0 Å². The van der Waals surface area contributed by atoms with Crippen LogP contribution in [-0.2, 0) is 5.41 Å². The molecule has 1 aromatic carbocycles. The van der Waals surface area contributed by atoms with Crippen molar-refractivity contribution >= 4 is 5.69 Å². The van der Waals surface area contributed by atoms with Crippen LogP contribution in [0.15, 0.2) is 18.2 Å². The number of ether oxygens (including phenoxy) is 1. The molecular weight excluding hydrogens is 236 g/mol. The third kappa shape index (κ3) is 2.10. The molecule has 0 bridgehead atoms. The number of nitrogens with zero attached hydrogens (tertiary/aromatic N) is 1. The van der Waals surface area contributed by atoms with E-state index in [1.54, 1.807) is 0 Å². The first-order chi connectivity index (χ1) is 9.27. The van der Waals surface area contributed by atoms with Crippen LogP contribution in [0.4, 0.5) is 5.69 Å². The van der Waals surface area contributed by atoms with Crippen molar-refractivity contribution < 1.29 is 4.74 Å². The Bertz CT molecular complexity index is 452. The van der Waals surface area contributed by atoms with E-state index in [1.807, 2.05) is 0 Å². The van der Waals surface area contributed by atoms with Gasteiger partial charge < -0.3 is 15.4 Å². The second kappa shape index (κ2) is 5.04. The van der Waals surface area contributed by atoms with Crippen molar-refractivity contribution in [1.82, 2.24) is 0 Å². The van der Waals surface area contributed by atoms with Crippen molar-refractivity contribution in [3.05, 3.63) is 23.8 Å². The predicted molar refractivity (Wildman–Crippen MR) is 79.0 cm³/mol. The lowest BCUT2D eigenvalue weighted by Crippen LogP contribution is -2.39. The standard InChI is InChI=1S/C16H24N2O/c1-18-10-11-19-15-13(6-5-7-14(15)18)16(12-17)8-3-2-4-9-16/h5-7H,2-4,8-12,17H2,1H3. The summed E-state index contributed by atoms with van der Waals surface area (Å²) < 4.78 is 6.01. The molecular formula is C16H24N2O. The highest BCUT2D eigenvalue weighted by molar-refractivity contribution is 5.64. The number of para-hydroxylation sites is 1. The third-order valence-corrected chi connectivity index (χ3v) is 4.85. The maximum Gasteiger partial charge on any atom is 0.146 e. The Balaban J connectivity index is 2.06. The maximum absolute atomic E-state index is 6.17. The minimum Gasteiger partial charge on any atom is -0.489 e. The molecule has 19 heavy (non-hydrogen) atoms. The quantitative estimate of drug-likeness (QED) is 0.888. The molecule has 1 aromatic rings. The molecule has 2 aliphatic rings. The number of benzene rings is 1. The zero-order valence-electron chi connectivity index (χ0n) is 11.8. The number of likely N-dealkylation sites (N-methyl/N-ethyl adjacent to an activating group) is 1. The largest absolute Gasteiger partial charge is 0.489 e. The summed E-state index contributed by atoms with van der Waals surface area (Å²) in [6.07, 6.45) is 6.32. The second-order valence-corrected chi connectivity index (χ2v) is 5.97. The van der Waals surface area contributed by atoms with E-state index in [2.05, 4.69) is 30.1 Å². The Morgan fingerprint density at radius 3 is 2.79 bits per heavy atom. The zero-order valence-corrected chi connectivity index (χ0v) is 11.8. The fourth-order valence-corrected chi connectivity index (χ4v) is 3.61. The van der Waals surface area contributed by atoms with E-state index in [1.165, 1.54) is 43.4 Å². The Labute approximate surface area is 115 Å². The molecule has 1 saturated carbocycles. The van der Waals surface area contributed by atoms with Crippen LogP contribution in [0.1, 0.15) is 37.7 Å². The summed E-state index contributed by atoms with van der Waals surface area (Å²) in [5.41, 5.74) is 8.88. The summed E-state index contributed by atoms with van der Waals surface area (Å²) in [6.45, 7) is 2.48. The lowest BCUT2D eigenvalue weighted by atomic mass is 9.69. The van der Waals surface area contributed by atoms with Gasteiger partial charge in [0.2, 0.25) is 0 Å². The summed E-state index contributed by atoms with van der Waals surface area (Å²) in [4.78, 5) is 2.29. The lowest BCUT2D eigenvalue weighted by molar-refractivity contribution is 0.266. The monoisotopic (exact) mass is 260 g/mol. The highest BCUT2D eigenvalue weighted by Crippen LogP contribution is 2.46. The SMILES string of the molecule is CN1CCOc2c1cccc2C1(CN)CCCCC1. The van der Waals surface area contributed by atoms with E-state index in [0.717, 1.165) is 25.4 Å². The maximum atomic E-state index is 6.17. The summed E-state index contributed by atoms with van der Waals surface area (Å²) in [5, 5.41) is 0. The first-order valence-electron chi connectivity index (χ1n) is 7.44. The van der Waals surface area contributed by atoms with Crippen LogP contribution < -0.4 is 15.4 Å². The summed E-state index contributed by atoms with van der Waals surface area (Å²) in [7, 11) is 2.14. The van der Waals surface area contributed by atoms with Crippen LogP contribution in [0.3, 0.4) is 0 Å². The smallest absolute Gasteiger partial charge is 0.146 e. The normalized spacial score (nSPS) is 21.7. The van der Waals surface area contributed by atoms with Crippen molar-refractivity contribution in [3.8, 4) is 5.75 Å². The highest BCUT2D eigenvalue weighted by Gasteiger charge is 2.36. The third-order valence-electron chi connectivity index (χ3n) is 4.85. The van der Waals surface area contributed by atoms with Crippen LogP contribution in [0.5, 0.6) is 5.75 Å². The van der Waals surface area contributed by atoms with Crippen LogP contribution in [0, 0.1) is 0 Å². The zero-order chi connectivity index (χ0) is 13.3. The summed E-state index contributed by atoms with van der Waals surface area (Å²) >= 11 is 0. The topological polar surface area (TPSA) is 38.5 Å². The van der Waals surface area contributed by atoms with E-state index in [9.17, 15) is 0 Å². The molecule has 0 amide bonds. The Hall–Kier alpha value is -1.22. The number of hydrogen-bond donors (Lipinski definition) is 1. The van der Waals surface area contributed by atoms with E-state index in [-0.39, 0.29) is 5.41 Å². The molecule has 0 aromatic heterocycles. The molecule has 0 saturated heterocycles. The van der Waals surface area contributed by atoms with Gasteiger partial charge in [-0.2, -0.15) is 0 Å².